The molecule has 6 heteroatoms. The van der Waals surface area contributed by atoms with E-state index >= 15 is 0 Å². The molecule has 1 aromatic heterocycles. The number of carbonyl (C=O) groups excluding carboxylic acids is 1. The Morgan fingerprint density at radius 2 is 1.94 bits per heavy atom. The standard InChI is InChI=1S/C27H30N2O4/c1-17-6-4-7-18(2)26(17)23-11-12-28-24-15-21(9-10-22(23)24)33-19(3)27(32)29-13-5-8-20(16-29)14-25(30)31/h4,6-7,9-12,15,19-20H,5,8,13-14,16H2,1-3H3,(H,30,31)/t19?,20-/m0/s1. The Bertz CT molecular complexity index is 1170. The first-order valence-electron chi connectivity index (χ1n) is 11.5. The summed E-state index contributed by atoms with van der Waals surface area (Å²) in [5.74, 6) is -0.334. The van der Waals surface area contributed by atoms with Gasteiger partial charge >= 0.3 is 5.97 Å². The van der Waals surface area contributed by atoms with Crippen LogP contribution in [-0.4, -0.2) is 46.1 Å². The molecule has 1 aliphatic rings. The highest BCUT2D eigenvalue weighted by Crippen LogP contribution is 2.34. The SMILES string of the molecule is Cc1cccc(C)c1-c1ccnc2cc(OC(C)C(=O)N3CCC[C@@H](CC(=O)O)C3)ccc12. The number of fused-ring (bicyclic) bond motifs is 1. The Morgan fingerprint density at radius 3 is 2.67 bits per heavy atom. The number of benzene rings is 2. The van der Waals surface area contributed by atoms with Gasteiger partial charge in [-0.15, -0.1) is 0 Å². The molecular formula is C27H30N2O4. The molecular weight excluding hydrogens is 416 g/mol. The summed E-state index contributed by atoms with van der Waals surface area (Å²) < 4.78 is 6.00. The summed E-state index contributed by atoms with van der Waals surface area (Å²) in [6, 6.07) is 14.1. The number of hydrogen-bond donors (Lipinski definition) is 1. The monoisotopic (exact) mass is 446 g/mol. The second-order valence-corrected chi connectivity index (χ2v) is 8.95. The van der Waals surface area contributed by atoms with Crippen LogP contribution in [0.1, 0.15) is 37.3 Å². The van der Waals surface area contributed by atoms with E-state index in [1.165, 1.54) is 16.7 Å². The molecule has 3 aromatic rings. The number of hydrogen-bond acceptors (Lipinski definition) is 4. The van der Waals surface area contributed by atoms with Gasteiger partial charge < -0.3 is 14.7 Å². The number of ether oxygens (including phenoxy) is 1. The summed E-state index contributed by atoms with van der Waals surface area (Å²) in [7, 11) is 0. The Balaban J connectivity index is 1.53. The number of amides is 1. The summed E-state index contributed by atoms with van der Waals surface area (Å²) >= 11 is 0. The number of piperidine rings is 1. The van der Waals surface area contributed by atoms with Gasteiger partial charge in [-0.25, -0.2) is 0 Å². The van der Waals surface area contributed by atoms with Gasteiger partial charge in [0.05, 0.1) is 5.52 Å². The zero-order valence-electron chi connectivity index (χ0n) is 19.4. The van der Waals surface area contributed by atoms with E-state index in [1.807, 2.05) is 24.3 Å². The van der Waals surface area contributed by atoms with Gasteiger partial charge in [-0.1, -0.05) is 18.2 Å². The van der Waals surface area contributed by atoms with Gasteiger partial charge in [0.15, 0.2) is 6.10 Å². The minimum absolute atomic E-state index is 0.000546. The number of carboxylic acid groups (broad SMARTS) is 1. The van der Waals surface area contributed by atoms with Gasteiger partial charge in [0.25, 0.3) is 5.91 Å². The highest BCUT2D eigenvalue weighted by molar-refractivity contribution is 5.96. The van der Waals surface area contributed by atoms with Crippen LogP contribution in [0.5, 0.6) is 5.75 Å². The van der Waals surface area contributed by atoms with E-state index in [1.54, 1.807) is 18.0 Å². The fourth-order valence-corrected chi connectivity index (χ4v) is 4.85. The van der Waals surface area contributed by atoms with Crippen LogP contribution >= 0.6 is 0 Å². The van der Waals surface area contributed by atoms with Gasteiger partial charge in [-0.3, -0.25) is 14.6 Å². The van der Waals surface area contributed by atoms with E-state index < -0.39 is 12.1 Å². The third kappa shape index (κ3) is 5.00. The van der Waals surface area contributed by atoms with Crippen LogP contribution in [-0.2, 0) is 9.59 Å². The highest BCUT2D eigenvalue weighted by atomic mass is 16.5. The maximum absolute atomic E-state index is 12.9. The van der Waals surface area contributed by atoms with Crippen molar-refractivity contribution in [3.63, 3.8) is 0 Å². The smallest absolute Gasteiger partial charge is 0.303 e. The van der Waals surface area contributed by atoms with Gasteiger partial charge in [0.1, 0.15) is 5.75 Å². The fraction of sp³-hybridized carbons (Fsp3) is 0.370. The summed E-state index contributed by atoms with van der Waals surface area (Å²) in [5.41, 5.74) is 5.58. The molecule has 2 heterocycles. The summed E-state index contributed by atoms with van der Waals surface area (Å²) in [6.45, 7) is 7.08. The zero-order valence-corrected chi connectivity index (χ0v) is 19.4. The summed E-state index contributed by atoms with van der Waals surface area (Å²) in [6.07, 6.45) is 2.89. The third-order valence-electron chi connectivity index (χ3n) is 6.42. The first-order valence-corrected chi connectivity index (χ1v) is 11.5. The zero-order chi connectivity index (χ0) is 23.5. The molecule has 2 aromatic carbocycles. The van der Waals surface area contributed by atoms with Crippen molar-refractivity contribution in [1.82, 2.24) is 9.88 Å². The van der Waals surface area contributed by atoms with E-state index in [0.29, 0.717) is 18.8 Å². The maximum atomic E-state index is 12.9. The Labute approximate surface area is 194 Å². The third-order valence-corrected chi connectivity index (χ3v) is 6.42. The van der Waals surface area contributed by atoms with Gasteiger partial charge in [0.2, 0.25) is 0 Å². The lowest BCUT2D eigenvalue weighted by Gasteiger charge is -2.33. The van der Waals surface area contributed by atoms with Crippen molar-refractivity contribution in [2.24, 2.45) is 5.92 Å². The Morgan fingerprint density at radius 1 is 1.18 bits per heavy atom. The Hall–Kier alpha value is -3.41. The maximum Gasteiger partial charge on any atom is 0.303 e. The van der Waals surface area contributed by atoms with E-state index in [0.717, 1.165) is 29.3 Å². The van der Waals surface area contributed by atoms with Crippen LogP contribution in [0.15, 0.2) is 48.7 Å². The molecule has 0 bridgehead atoms. The van der Waals surface area contributed by atoms with Crippen LogP contribution in [0, 0.1) is 19.8 Å². The van der Waals surface area contributed by atoms with E-state index in [-0.39, 0.29) is 18.2 Å². The topological polar surface area (TPSA) is 79.7 Å². The van der Waals surface area contributed by atoms with Crippen LogP contribution in [0.4, 0.5) is 0 Å². The van der Waals surface area contributed by atoms with Crippen molar-refractivity contribution in [2.75, 3.05) is 13.1 Å². The van der Waals surface area contributed by atoms with Gasteiger partial charge in [-0.05, 0) is 80.0 Å². The first-order chi connectivity index (χ1) is 15.8. The van der Waals surface area contributed by atoms with Gasteiger partial charge in [0, 0.05) is 37.2 Å². The van der Waals surface area contributed by atoms with Crippen LogP contribution in [0.3, 0.4) is 0 Å². The molecule has 1 unspecified atom stereocenters. The molecule has 4 rings (SSSR count). The summed E-state index contributed by atoms with van der Waals surface area (Å²) in [5, 5.41) is 10.1. The second kappa shape index (κ2) is 9.61. The lowest BCUT2D eigenvalue weighted by molar-refractivity contribution is -0.143. The average molecular weight is 447 g/mol. The number of aryl methyl sites for hydroxylation is 2. The second-order valence-electron chi connectivity index (χ2n) is 8.95. The van der Waals surface area contributed by atoms with E-state index in [9.17, 15) is 9.59 Å². The van der Waals surface area contributed by atoms with Crippen molar-refractivity contribution in [3.05, 3.63) is 59.8 Å². The molecule has 1 amide bonds. The van der Waals surface area contributed by atoms with Crippen molar-refractivity contribution >= 4 is 22.8 Å². The molecule has 0 aliphatic carbocycles. The van der Waals surface area contributed by atoms with Crippen molar-refractivity contribution in [2.45, 2.75) is 46.1 Å². The number of aliphatic carboxylic acids is 1. The van der Waals surface area contributed by atoms with Gasteiger partial charge in [-0.2, -0.15) is 0 Å². The normalized spacial score (nSPS) is 17.1. The van der Waals surface area contributed by atoms with Crippen molar-refractivity contribution in [1.29, 1.82) is 0 Å². The minimum Gasteiger partial charge on any atom is -0.481 e. The lowest BCUT2D eigenvalue weighted by Crippen LogP contribution is -2.46. The molecule has 1 N–H and O–H groups in total. The lowest BCUT2D eigenvalue weighted by atomic mass is 9.93. The number of nitrogens with zero attached hydrogens (tertiary/aromatic N) is 2. The fourth-order valence-electron chi connectivity index (χ4n) is 4.85. The molecule has 2 atom stereocenters. The highest BCUT2D eigenvalue weighted by Gasteiger charge is 2.29. The molecule has 0 radical (unpaired) electrons. The van der Waals surface area contributed by atoms with Crippen molar-refractivity contribution < 1.29 is 19.4 Å². The predicted octanol–water partition coefficient (Wildman–Crippen LogP) is 5.00. The minimum atomic E-state index is -0.817. The van der Waals surface area contributed by atoms with E-state index in [4.69, 9.17) is 9.84 Å². The number of rotatable bonds is 6. The quantitative estimate of drug-likeness (QED) is 0.576. The Kier molecular flexibility index (Phi) is 6.63. The number of carbonyl (C=O) groups is 2. The van der Waals surface area contributed by atoms with Crippen LogP contribution in [0.2, 0.25) is 0 Å². The summed E-state index contributed by atoms with van der Waals surface area (Å²) in [4.78, 5) is 30.3. The van der Waals surface area contributed by atoms with Crippen LogP contribution in [0.25, 0.3) is 22.0 Å². The molecule has 0 saturated carbocycles. The first kappa shape index (κ1) is 22.8. The molecule has 1 fully saturated rings. The van der Waals surface area contributed by atoms with Crippen LogP contribution < -0.4 is 4.74 Å². The number of aromatic nitrogens is 1. The number of pyridine rings is 1. The number of carboxylic acids is 1. The number of likely N-dealkylation sites (tertiary alicyclic amines) is 1. The predicted molar refractivity (Wildman–Crippen MR) is 128 cm³/mol. The van der Waals surface area contributed by atoms with Crippen molar-refractivity contribution in [3.8, 4) is 16.9 Å². The molecule has 1 aliphatic heterocycles. The molecule has 6 nitrogen and oxygen atoms in total. The average Bonchev–Trinajstić information content (AvgIpc) is 2.78. The molecule has 33 heavy (non-hydrogen) atoms. The van der Waals surface area contributed by atoms with E-state index in [2.05, 4.69) is 37.0 Å². The molecule has 172 valence electrons. The molecule has 0 spiro atoms. The largest absolute Gasteiger partial charge is 0.481 e. The molecule has 1 saturated heterocycles.